The van der Waals surface area contributed by atoms with Gasteiger partial charge in [0.05, 0.1) is 16.3 Å². The van der Waals surface area contributed by atoms with Crippen molar-refractivity contribution in [2.45, 2.75) is 19.6 Å². The Morgan fingerprint density at radius 1 is 1.22 bits per heavy atom. The van der Waals surface area contributed by atoms with E-state index in [4.69, 9.17) is 11.6 Å². The summed E-state index contributed by atoms with van der Waals surface area (Å²) in [5.74, 6) is -0.0643. The summed E-state index contributed by atoms with van der Waals surface area (Å²) in [5, 5.41) is 3.29. The van der Waals surface area contributed by atoms with Crippen molar-refractivity contribution in [1.29, 1.82) is 0 Å². The molecule has 0 fully saturated rings. The molecule has 3 aromatic rings. The number of amides is 1. The van der Waals surface area contributed by atoms with E-state index in [0.29, 0.717) is 16.8 Å². The van der Waals surface area contributed by atoms with Crippen LogP contribution >= 0.6 is 23.4 Å². The van der Waals surface area contributed by atoms with E-state index in [1.807, 2.05) is 26.0 Å². The predicted octanol–water partition coefficient (Wildman–Crippen LogP) is 4.81. The standard InChI is InChI=1S/C20H18ClFN2O2S/c1-11-3-5-15-18(25)8-14(24-20(15)12(11)2)9-27-10-19(26)23-13-4-6-17(22)16(21)7-13/h3-8H,9-10H2,1-2H3,(H,23,26)(H,24,25). The third kappa shape index (κ3) is 4.51. The molecule has 0 aliphatic rings. The van der Waals surface area contributed by atoms with Crippen molar-refractivity contribution >= 4 is 45.9 Å². The lowest BCUT2D eigenvalue weighted by Crippen LogP contribution is -2.14. The van der Waals surface area contributed by atoms with E-state index in [9.17, 15) is 14.0 Å². The number of aromatic nitrogens is 1. The summed E-state index contributed by atoms with van der Waals surface area (Å²) in [4.78, 5) is 27.6. The van der Waals surface area contributed by atoms with Crippen molar-refractivity contribution in [1.82, 2.24) is 4.98 Å². The minimum absolute atomic E-state index is 0.0344. The van der Waals surface area contributed by atoms with E-state index in [1.165, 1.54) is 30.0 Å². The number of aryl methyl sites for hydroxylation is 2. The number of thioether (sulfide) groups is 1. The predicted molar refractivity (Wildman–Crippen MR) is 110 cm³/mol. The molecule has 27 heavy (non-hydrogen) atoms. The average Bonchev–Trinajstić information content (AvgIpc) is 2.62. The zero-order chi connectivity index (χ0) is 19.6. The Morgan fingerprint density at radius 2 is 2.00 bits per heavy atom. The average molecular weight is 405 g/mol. The number of aromatic amines is 1. The van der Waals surface area contributed by atoms with Crippen molar-refractivity contribution in [3.05, 3.63) is 74.3 Å². The van der Waals surface area contributed by atoms with E-state index in [0.717, 1.165) is 22.3 Å². The van der Waals surface area contributed by atoms with Gasteiger partial charge in [-0.25, -0.2) is 4.39 Å². The van der Waals surface area contributed by atoms with Gasteiger partial charge in [0, 0.05) is 28.6 Å². The van der Waals surface area contributed by atoms with Crippen LogP contribution < -0.4 is 10.7 Å². The Bertz CT molecular complexity index is 1080. The molecule has 0 saturated carbocycles. The van der Waals surface area contributed by atoms with Crippen molar-refractivity contribution < 1.29 is 9.18 Å². The number of H-pyrrole nitrogens is 1. The van der Waals surface area contributed by atoms with Gasteiger partial charge in [-0.3, -0.25) is 9.59 Å². The summed E-state index contributed by atoms with van der Waals surface area (Å²) < 4.78 is 13.1. The molecule has 2 N–H and O–H groups in total. The van der Waals surface area contributed by atoms with Crippen LogP contribution in [0.3, 0.4) is 0 Å². The van der Waals surface area contributed by atoms with Crippen LogP contribution in [0.15, 0.2) is 41.2 Å². The van der Waals surface area contributed by atoms with Gasteiger partial charge in [-0.1, -0.05) is 17.7 Å². The Morgan fingerprint density at radius 3 is 2.74 bits per heavy atom. The highest BCUT2D eigenvalue weighted by molar-refractivity contribution is 7.99. The smallest absolute Gasteiger partial charge is 0.234 e. The number of halogens is 2. The lowest BCUT2D eigenvalue weighted by molar-refractivity contribution is -0.113. The second kappa shape index (κ2) is 8.15. The number of carbonyl (C=O) groups is 1. The first-order valence-electron chi connectivity index (χ1n) is 8.30. The maximum Gasteiger partial charge on any atom is 0.234 e. The van der Waals surface area contributed by atoms with Crippen LogP contribution in [-0.4, -0.2) is 16.6 Å². The minimum atomic E-state index is -0.533. The fraction of sp³-hybridized carbons (Fsp3) is 0.200. The quantitative estimate of drug-likeness (QED) is 0.641. The Labute approximate surface area is 165 Å². The fourth-order valence-electron chi connectivity index (χ4n) is 2.72. The van der Waals surface area contributed by atoms with Gasteiger partial charge in [-0.15, -0.1) is 11.8 Å². The van der Waals surface area contributed by atoms with Gasteiger partial charge in [0.1, 0.15) is 5.82 Å². The number of carbonyl (C=O) groups excluding carboxylic acids is 1. The van der Waals surface area contributed by atoms with E-state index in [-0.39, 0.29) is 22.1 Å². The zero-order valence-electron chi connectivity index (χ0n) is 14.9. The molecule has 4 nitrogen and oxygen atoms in total. The molecular formula is C20H18ClFN2O2S. The second-order valence-corrected chi connectivity index (χ2v) is 7.65. The third-order valence-corrected chi connectivity index (χ3v) is 5.56. The largest absolute Gasteiger partial charge is 0.357 e. The van der Waals surface area contributed by atoms with Gasteiger partial charge in [0.15, 0.2) is 5.43 Å². The number of pyridine rings is 1. The molecular weight excluding hydrogens is 387 g/mol. The van der Waals surface area contributed by atoms with Crippen molar-refractivity contribution in [3.8, 4) is 0 Å². The molecule has 0 atom stereocenters. The van der Waals surface area contributed by atoms with Gasteiger partial charge in [0.25, 0.3) is 0 Å². The fourth-order valence-corrected chi connectivity index (χ4v) is 3.63. The molecule has 0 bridgehead atoms. The zero-order valence-corrected chi connectivity index (χ0v) is 16.4. The summed E-state index contributed by atoms with van der Waals surface area (Å²) in [6.45, 7) is 3.98. The minimum Gasteiger partial charge on any atom is -0.357 e. The first kappa shape index (κ1) is 19.5. The maximum atomic E-state index is 13.1. The molecule has 140 valence electrons. The third-order valence-electron chi connectivity index (χ3n) is 4.29. The lowest BCUT2D eigenvalue weighted by atomic mass is 10.0. The van der Waals surface area contributed by atoms with E-state index < -0.39 is 5.82 Å². The number of rotatable bonds is 5. The molecule has 3 rings (SSSR count). The monoisotopic (exact) mass is 404 g/mol. The summed E-state index contributed by atoms with van der Waals surface area (Å²) in [5.41, 5.74) is 4.17. The SMILES string of the molecule is Cc1ccc2c(=O)cc(CSCC(=O)Nc3ccc(F)c(Cl)c3)[nH]c2c1C. The number of fused-ring (bicyclic) bond motifs is 1. The highest BCUT2D eigenvalue weighted by atomic mass is 35.5. The van der Waals surface area contributed by atoms with Crippen LogP contribution in [0.25, 0.3) is 10.9 Å². The summed E-state index contributed by atoms with van der Waals surface area (Å²) >= 11 is 7.08. The van der Waals surface area contributed by atoms with E-state index in [1.54, 1.807) is 6.07 Å². The van der Waals surface area contributed by atoms with Gasteiger partial charge in [-0.2, -0.15) is 0 Å². The van der Waals surface area contributed by atoms with Crippen LogP contribution in [0.1, 0.15) is 16.8 Å². The molecule has 0 unspecified atom stereocenters. The van der Waals surface area contributed by atoms with E-state index in [2.05, 4.69) is 10.3 Å². The molecule has 2 aromatic carbocycles. The normalized spacial score (nSPS) is 11.0. The van der Waals surface area contributed by atoms with Gasteiger partial charge in [0.2, 0.25) is 5.91 Å². The highest BCUT2D eigenvalue weighted by Crippen LogP contribution is 2.21. The molecule has 1 amide bonds. The lowest BCUT2D eigenvalue weighted by Gasteiger charge is -2.09. The molecule has 1 aromatic heterocycles. The van der Waals surface area contributed by atoms with Crippen LogP contribution in [0.2, 0.25) is 5.02 Å². The first-order chi connectivity index (χ1) is 12.8. The molecule has 0 saturated heterocycles. The van der Waals surface area contributed by atoms with Crippen LogP contribution in [0.5, 0.6) is 0 Å². The number of hydrogen-bond acceptors (Lipinski definition) is 3. The Hall–Kier alpha value is -2.31. The van der Waals surface area contributed by atoms with Gasteiger partial charge < -0.3 is 10.3 Å². The number of hydrogen-bond donors (Lipinski definition) is 2. The van der Waals surface area contributed by atoms with Crippen molar-refractivity contribution in [3.63, 3.8) is 0 Å². The van der Waals surface area contributed by atoms with E-state index >= 15 is 0 Å². The number of nitrogens with one attached hydrogen (secondary N) is 2. The maximum absolute atomic E-state index is 13.1. The molecule has 0 aliphatic carbocycles. The molecule has 1 heterocycles. The number of anilines is 1. The van der Waals surface area contributed by atoms with Gasteiger partial charge >= 0.3 is 0 Å². The van der Waals surface area contributed by atoms with Crippen LogP contribution in [-0.2, 0) is 10.5 Å². The topological polar surface area (TPSA) is 62.0 Å². The molecule has 0 radical (unpaired) electrons. The van der Waals surface area contributed by atoms with Crippen LogP contribution in [0.4, 0.5) is 10.1 Å². The summed E-state index contributed by atoms with van der Waals surface area (Å²) in [6.07, 6.45) is 0. The Kier molecular flexibility index (Phi) is 5.87. The van der Waals surface area contributed by atoms with Crippen LogP contribution in [0, 0.1) is 19.7 Å². The summed E-state index contributed by atoms with van der Waals surface area (Å²) in [7, 11) is 0. The van der Waals surface area contributed by atoms with Crippen molar-refractivity contribution in [2.75, 3.05) is 11.1 Å². The molecule has 0 aliphatic heterocycles. The Balaban J connectivity index is 1.64. The number of benzene rings is 2. The second-order valence-electron chi connectivity index (χ2n) is 6.26. The van der Waals surface area contributed by atoms with Gasteiger partial charge in [-0.05, 0) is 49.2 Å². The summed E-state index contributed by atoms with van der Waals surface area (Å²) in [6, 6.07) is 9.36. The first-order valence-corrected chi connectivity index (χ1v) is 9.83. The molecule has 0 spiro atoms. The molecule has 7 heteroatoms. The highest BCUT2D eigenvalue weighted by Gasteiger charge is 2.09. The van der Waals surface area contributed by atoms with Crippen molar-refractivity contribution in [2.24, 2.45) is 0 Å².